The number of fused-ring (bicyclic) bond motifs is 5. The van der Waals surface area contributed by atoms with E-state index < -0.39 is 6.10 Å². The SMILES string of the molecule is CC(=O)Oc1ccc2c(c1)CC[C@H]1[C@@H]2CC[C@@]2(C)C(=O)[C@H](OC(C)=O)C[C@H]12. The average Bonchev–Trinajstić information content (AvgIpc) is 2.85. The third kappa shape index (κ3) is 2.97. The van der Waals surface area contributed by atoms with Crippen LogP contribution in [0.5, 0.6) is 5.75 Å². The first-order valence-corrected chi connectivity index (χ1v) is 9.82. The third-order valence-electron chi connectivity index (χ3n) is 6.98. The van der Waals surface area contributed by atoms with Gasteiger partial charge in [0.05, 0.1) is 0 Å². The van der Waals surface area contributed by atoms with Gasteiger partial charge < -0.3 is 9.47 Å². The summed E-state index contributed by atoms with van der Waals surface area (Å²) >= 11 is 0. The summed E-state index contributed by atoms with van der Waals surface area (Å²) in [6.07, 6.45) is 3.81. The van der Waals surface area contributed by atoms with Gasteiger partial charge in [-0.25, -0.2) is 0 Å². The molecule has 0 bridgehead atoms. The summed E-state index contributed by atoms with van der Waals surface area (Å²) in [6.45, 7) is 4.85. The van der Waals surface area contributed by atoms with Crippen molar-refractivity contribution in [3.63, 3.8) is 0 Å². The van der Waals surface area contributed by atoms with Crippen molar-refractivity contribution in [2.75, 3.05) is 0 Å². The van der Waals surface area contributed by atoms with Crippen LogP contribution in [0.1, 0.15) is 63.5 Å². The van der Waals surface area contributed by atoms with E-state index in [1.807, 2.05) is 12.1 Å². The molecule has 0 spiro atoms. The van der Waals surface area contributed by atoms with E-state index in [0.717, 1.165) is 25.7 Å². The van der Waals surface area contributed by atoms with E-state index in [0.29, 0.717) is 24.0 Å². The van der Waals surface area contributed by atoms with Crippen LogP contribution in [0.2, 0.25) is 0 Å². The molecule has 0 aromatic heterocycles. The fraction of sp³-hybridized carbons (Fsp3) is 0.591. The number of Topliss-reactive ketones (excluding diaryl/α,β-unsaturated/α-hetero) is 1. The number of ether oxygens (including phenoxy) is 2. The summed E-state index contributed by atoms with van der Waals surface area (Å²) in [7, 11) is 0. The molecule has 5 atom stereocenters. The lowest BCUT2D eigenvalue weighted by molar-refractivity contribution is -0.153. The highest BCUT2D eigenvalue weighted by molar-refractivity contribution is 5.93. The second-order valence-electron chi connectivity index (χ2n) is 8.52. The number of hydrogen-bond donors (Lipinski definition) is 0. The Balaban J connectivity index is 1.61. The smallest absolute Gasteiger partial charge is 0.308 e. The van der Waals surface area contributed by atoms with Crippen molar-refractivity contribution < 1.29 is 23.9 Å². The summed E-state index contributed by atoms with van der Waals surface area (Å²) in [6, 6.07) is 5.95. The van der Waals surface area contributed by atoms with E-state index in [9.17, 15) is 14.4 Å². The lowest BCUT2D eigenvalue weighted by Crippen LogP contribution is -2.43. The molecule has 0 radical (unpaired) electrons. The van der Waals surface area contributed by atoms with Crippen LogP contribution in [0.15, 0.2) is 18.2 Å². The molecule has 2 fully saturated rings. The molecule has 0 heterocycles. The molecule has 2 saturated carbocycles. The number of carbonyl (C=O) groups is 3. The van der Waals surface area contributed by atoms with Gasteiger partial charge in [0.15, 0.2) is 11.9 Å². The second kappa shape index (κ2) is 6.47. The highest BCUT2D eigenvalue weighted by Crippen LogP contribution is 2.60. The predicted octanol–water partition coefficient (Wildman–Crippen LogP) is 3.58. The number of esters is 2. The molecule has 5 heteroatoms. The summed E-state index contributed by atoms with van der Waals surface area (Å²) < 4.78 is 10.6. The van der Waals surface area contributed by atoms with Crippen molar-refractivity contribution >= 4 is 17.7 Å². The zero-order valence-electron chi connectivity index (χ0n) is 16.1. The van der Waals surface area contributed by atoms with Crippen LogP contribution in [0.4, 0.5) is 0 Å². The molecule has 5 nitrogen and oxygen atoms in total. The fourth-order valence-electron chi connectivity index (χ4n) is 5.86. The third-order valence-corrected chi connectivity index (χ3v) is 6.98. The van der Waals surface area contributed by atoms with Crippen molar-refractivity contribution in [1.82, 2.24) is 0 Å². The number of ketones is 1. The summed E-state index contributed by atoms with van der Waals surface area (Å²) in [5.74, 6) is 1.14. The highest BCUT2D eigenvalue weighted by atomic mass is 16.5. The molecule has 0 unspecified atom stereocenters. The molecule has 1 aromatic rings. The van der Waals surface area contributed by atoms with Crippen LogP contribution < -0.4 is 4.74 Å². The molecule has 1 aromatic carbocycles. The van der Waals surface area contributed by atoms with Crippen molar-refractivity contribution in [1.29, 1.82) is 0 Å². The normalized spacial score (nSPS) is 34.3. The van der Waals surface area contributed by atoms with Crippen LogP contribution >= 0.6 is 0 Å². The monoisotopic (exact) mass is 370 g/mol. The molecule has 0 N–H and O–H groups in total. The van der Waals surface area contributed by atoms with Gasteiger partial charge in [0, 0.05) is 19.3 Å². The lowest BCUT2D eigenvalue weighted by Gasteiger charge is -2.48. The topological polar surface area (TPSA) is 69.7 Å². The van der Waals surface area contributed by atoms with Crippen LogP contribution in [-0.4, -0.2) is 23.8 Å². The fourth-order valence-corrected chi connectivity index (χ4v) is 5.86. The Morgan fingerprint density at radius 2 is 1.93 bits per heavy atom. The minimum atomic E-state index is -0.580. The lowest BCUT2D eigenvalue weighted by atomic mass is 9.55. The van der Waals surface area contributed by atoms with E-state index in [2.05, 4.69) is 13.0 Å². The maximum Gasteiger partial charge on any atom is 0.308 e. The van der Waals surface area contributed by atoms with Gasteiger partial charge in [-0.3, -0.25) is 14.4 Å². The Morgan fingerprint density at radius 3 is 2.63 bits per heavy atom. The van der Waals surface area contributed by atoms with Crippen molar-refractivity contribution in [3.8, 4) is 5.75 Å². The van der Waals surface area contributed by atoms with E-state index >= 15 is 0 Å². The molecular weight excluding hydrogens is 344 g/mol. The molecule has 27 heavy (non-hydrogen) atoms. The molecule has 3 aliphatic rings. The van der Waals surface area contributed by atoms with Gasteiger partial charge in [-0.05, 0) is 73.1 Å². The first-order valence-electron chi connectivity index (χ1n) is 9.82. The van der Waals surface area contributed by atoms with Crippen LogP contribution in [0.25, 0.3) is 0 Å². The standard InChI is InChI=1S/C22H26O5/c1-12(23)26-15-5-7-16-14(10-15)4-6-18-17(16)8-9-22(3)19(18)11-20(21(22)25)27-13(2)24/h5,7,10,17-20H,4,6,8-9,11H2,1-3H3/t17-,18+,19-,20-,22-/m1/s1. The number of rotatable bonds is 2. The zero-order chi connectivity index (χ0) is 19.3. The van der Waals surface area contributed by atoms with E-state index in [-0.39, 0.29) is 29.1 Å². The predicted molar refractivity (Wildman–Crippen MR) is 98.3 cm³/mol. The molecule has 0 amide bonds. The van der Waals surface area contributed by atoms with Crippen molar-refractivity contribution in [3.05, 3.63) is 29.3 Å². The quantitative estimate of drug-likeness (QED) is 0.588. The van der Waals surface area contributed by atoms with Crippen molar-refractivity contribution in [2.45, 2.75) is 64.9 Å². The minimum Gasteiger partial charge on any atom is -0.455 e. The van der Waals surface area contributed by atoms with Gasteiger partial charge in [0.2, 0.25) is 0 Å². The number of carbonyl (C=O) groups excluding carboxylic acids is 3. The van der Waals surface area contributed by atoms with Crippen molar-refractivity contribution in [2.24, 2.45) is 17.3 Å². The van der Waals surface area contributed by atoms with Gasteiger partial charge in [0.25, 0.3) is 0 Å². The summed E-state index contributed by atoms with van der Waals surface area (Å²) in [5.41, 5.74) is 2.20. The Bertz CT molecular complexity index is 813. The van der Waals surface area contributed by atoms with Gasteiger partial charge in [-0.2, -0.15) is 0 Å². The zero-order valence-corrected chi connectivity index (χ0v) is 16.1. The van der Waals surface area contributed by atoms with Gasteiger partial charge >= 0.3 is 11.9 Å². The summed E-state index contributed by atoms with van der Waals surface area (Å²) in [5, 5.41) is 0. The van der Waals surface area contributed by atoms with E-state index in [4.69, 9.17) is 9.47 Å². The largest absolute Gasteiger partial charge is 0.455 e. The van der Waals surface area contributed by atoms with Crippen LogP contribution in [0, 0.1) is 17.3 Å². The Labute approximate surface area is 159 Å². The Hall–Kier alpha value is -2.17. The maximum absolute atomic E-state index is 12.9. The first kappa shape index (κ1) is 18.2. The molecule has 144 valence electrons. The van der Waals surface area contributed by atoms with Gasteiger partial charge in [-0.1, -0.05) is 13.0 Å². The molecule has 4 rings (SSSR count). The minimum absolute atomic E-state index is 0.108. The van der Waals surface area contributed by atoms with Crippen LogP contribution in [0.3, 0.4) is 0 Å². The highest BCUT2D eigenvalue weighted by Gasteiger charge is 2.59. The Kier molecular flexibility index (Phi) is 4.36. The molecule has 0 aliphatic heterocycles. The molecular formula is C22H26O5. The van der Waals surface area contributed by atoms with Crippen LogP contribution in [-0.2, 0) is 25.5 Å². The number of aryl methyl sites for hydroxylation is 1. The number of benzene rings is 1. The number of hydrogen-bond acceptors (Lipinski definition) is 5. The molecule has 3 aliphatic carbocycles. The van der Waals surface area contributed by atoms with E-state index in [1.54, 1.807) is 0 Å². The van der Waals surface area contributed by atoms with Gasteiger partial charge in [-0.15, -0.1) is 0 Å². The average molecular weight is 370 g/mol. The Morgan fingerprint density at radius 1 is 1.15 bits per heavy atom. The first-order chi connectivity index (χ1) is 12.8. The maximum atomic E-state index is 12.9. The van der Waals surface area contributed by atoms with E-state index in [1.165, 1.54) is 25.0 Å². The van der Waals surface area contributed by atoms with Gasteiger partial charge in [0.1, 0.15) is 5.75 Å². The molecule has 0 saturated heterocycles. The second-order valence-corrected chi connectivity index (χ2v) is 8.52. The summed E-state index contributed by atoms with van der Waals surface area (Å²) in [4.78, 5) is 35.6.